The van der Waals surface area contributed by atoms with Gasteiger partial charge >= 0.3 is 10.2 Å². The Bertz CT molecular complexity index is 1640. The van der Waals surface area contributed by atoms with Crippen molar-refractivity contribution >= 4 is 56.4 Å². The second kappa shape index (κ2) is 12.0. The van der Waals surface area contributed by atoms with Gasteiger partial charge in [-0.05, 0) is 89.7 Å². The molecule has 9 nitrogen and oxygen atoms in total. The summed E-state index contributed by atoms with van der Waals surface area (Å²) in [6, 6.07) is 22.8. The van der Waals surface area contributed by atoms with Gasteiger partial charge in [0.05, 0.1) is 10.6 Å². The number of carbonyl (C=O) groups is 2. The van der Waals surface area contributed by atoms with E-state index in [1.165, 1.54) is 49.4 Å². The van der Waals surface area contributed by atoms with Crippen LogP contribution in [0.1, 0.15) is 54.7 Å². The molecule has 0 aromatic heterocycles. The van der Waals surface area contributed by atoms with Crippen molar-refractivity contribution in [3.05, 3.63) is 94.4 Å². The van der Waals surface area contributed by atoms with E-state index in [-0.39, 0.29) is 12.5 Å². The van der Waals surface area contributed by atoms with Crippen LogP contribution >= 0.6 is 11.8 Å². The number of hydrogen-bond donors (Lipinski definition) is 2. The summed E-state index contributed by atoms with van der Waals surface area (Å²) < 4.78 is 33.0. The molecule has 3 aromatic carbocycles. The van der Waals surface area contributed by atoms with Crippen molar-refractivity contribution < 1.29 is 22.7 Å². The quantitative estimate of drug-likeness (QED) is 0.339. The maximum atomic E-state index is 12.5. The van der Waals surface area contributed by atoms with Crippen molar-refractivity contribution in [3.8, 4) is 5.75 Å². The summed E-state index contributed by atoms with van der Waals surface area (Å²) in [6.07, 6.45) is 8.38. The van der Waals surface area contributed by atoms with Crippen molar-refractivity contribution in [1.82, 2.24) is 4.72 Å². The van der Waals surface area contributed by atoms with Gasteiger partial charge in [-0.2, -0.15) is 13.4 Å². The molecule has 216 valence electrons. The van der Waals surface area contributed by atoms with Gasteiger partial charge in [0, 0.05) is 5.69 Å². The summed E-state index contributed by atoms with van der Waals surface area (Å²) in [4.78, 5) is 28.6. The summed E-state index contributed by atoms with van der Waals surface area (Å²) in [6.45, 7) is 0.230. The Labute approximate surface area is 249 Å². The van der Waals surface area contributed by atoms with Crippen molar-refractivity contribution in [2.24, 2.45) is 4.99 Å². The zero-order chi connectivity index (χ0) is 29.1. The molecule has 1 saturated carbocycles. The lowest BCUT2D eigenvalue weighted by molar-refractivity contribution is -0.117. The maximum absolute atomic E-state index is 12.5. The lowest BCUT2D eigenvalue weighted by Crippen LogP contribution is -2.29. The highest BCUT2D eigenvalue weighted by atomic mass is 32.2. The minimum absolute atomic E-state index is 0.262. The lowest BCUT2D eigenvalue weighted by Gasteiger charge is -2.22. The Kier molecular flexibility index (Phi) is 8.03. The van der Waals surface area contributed by atoms with Gasteiger partial charge < -0.3 is 10.1 Å². The summed E-state index contributed by atoms with van der Waals surface area (Å²) in [5.74, 6) is 0.523. The minimum Gasteiger partial charge on any atom is -0.489 e. The fourth-order valence-electron chi connectivity index (χ4n) is 5.27. The molecular formula is C31H30N4O5S2. The first kappa shape index (κ1) is 28.0. The number of thioether (sulfide) groups is 1. The molecule has 2 amide bonds. The zero-order valence-corrected chi connectivity index (χ0v) is 24.4. The van der Waals surface area contributed by atoms with E-state index in [1.54, 1.807) is 30.3 Å². The molecule has 11 heteroatoms. The van der Waals surface area contributed by atoms with E-state index < -0.39 is 16.1 Å². The van der Waals surface area contributed by atoms with E-state index in [9.17, 15) is 18.0 Å². The topological polar surface area (TPSA) is 117 Å². The maximum Gasteiger partial charge on any atom is 0.326 e. The molecular weight excluding hydrogens is 572 g/mol. The summed E-state index contributed by atoms with van der Waals surface area (Å²) in [5.41, 5.74) is 4.40. The third kappa shape index (κ3) is 6.52. The third-order valence-electron chi connectivity index (χ3n) is 7.49. The number of hydrogen-bond acceptors (Lipinski definition) is 7. The second-order valence-corrected chi connectivity index (χ2v) is 13.1. The van der Waals surface area contributed by atoms with Gasteiger partial charge in [0.15, 0.2) is 5.17 Å². The molecule has 0 unspecified atom stereocenters. The normalized spacial score (nSPS) is 19.6. The summed E-state index contributed by atoms with van der Waals surface area (Å²) >= 11 is 1.22. The number of ether oxygens (including phenoxy) is 1. The molecule has 2 aliphatic heterocycles. The van der Waals surface area contributed by atoms with Crippen LogP contribution in [0.3, 0.4) is 0 Å². The number of anilines is 2. The highest BCUT2D eigenvalue weighted by Gasteiger charge is 2.34. The highest BCUT2D eigenvalue weighted by Crippen LogP contribution is 2.33. The third-order valence-corrected chi connectivity index (χ3v) is 9.79. The first-order valence-corrected chi connectivity index (χ1v) is 16.1. The molecule has 2 heterocycles. The molecule has 0 bridgehead atoms. The van der Waals surface area contributed by atoms with E-state index in [1.807, 2.05) is 29.0 Å². The molecule has 0 atom stereocenters. The minimum atomic E-state index is -3.87. The van der Waals surface area contributed by atoms with Gasteiger partial charge in [-0.3, -0.25) is 9.59 Å². The molecule has 3 aromatic rings. The molecule has 42 heavy (non-hydrogen) atoms. The van der Waals surface area contributed by atoms with E-state index in [0.717, 1.165) is 21.2 Å². The molecule has 1 saturated heterocycles. The van der Waals surface area contributed by atoms with E-state index in [2.05, 4.69) is 34.6 Å². The number of amidine groups is 1. The summed E-state index contributed by atoms with van der Waals surface area (Å²) in [7, 11) is -3.87. The fourth-order valence-corrected chi connectivity index (χ4v) is 7.26. The average Bonchev–Trinajstić information content (AvgIpc) is 3.48. The molecule has 6 rings (SSSR count). The SMILES string of the molecule is O=C1CN(c2ccc(NC3=NC(=O)C(=Cc4ccc(OCc5ccc(C6CCCCC6)cc5)cc4)S3)cc2)S(=O)(=O)N1. The smallest absolute Gasteiger partial charge is 0.326 e. The van der Waals surface area contributed by atoms with Crippen LogP contribution in [-0.2, 0) is 26.4 Å². The van der Waals surface area contributed by atoms with Gasteiger partial charge in [-0.15, -0.1) is 0 Å². The van der Waals surface area contributed by atoms with Crippen LogP contribution in [0.5, 0.6) is 5.75 Å². The predicted molar refractivity (Wildman–Crippen MR) is 166 cm³/mol. The number of nitrogens with zero attached hydrogens (tertiary/aromatic N) is 2. The van der Waals surface area contributed by atoms with Gasteiger partial charge in [-0.1, -0.05) is 55.7 Å². The van der Waals surface area contributed by atoms with E-state index in [4.69, 9.17) is 4.74 Å². The Balaban J connectivity index is 1.01. The van der Waals surface area contributed by atoms with Crippen LogP contribution in [0.15, 0.2) is 82.7 Å². The Hall–Kier alpha value is -4.09. The lowest BCUT2D eigenvalue weighted by atomic mass is 9.84. The number of carbonyl (C=O) groups excluding carboxylic acids is 2. The number of benzene rings is 3. The van der Waals surface area contributed by atoms with E-state index >= 15 is 0 Å². The van der Waals surface area contributed by atoms with Crippen molar-refractivity contribution in [2.75, 3.05) is 16.2 Å². The Morgan fingerprint density at radius 3 is 2.33 bits per heavy atom. The Morgan fingerprint density at radius 2 is 1.67 bits per heavy atom. The molecule has 0 spiro atoms. The number of aliphatic imine (C=N–C) groups is 1. The molecule has 1 aliphatic carbocycles. The van der Waals surface area contributed by atoms with Crippen LogP contribution in [0, 0.1) is 0 Å². The standard InChI is InChI=1S/C31H30N4O5S2/c36-29-19-35(42(38,39)34-29)26-14-12-25(13-15-26)32-31-33-30(37)28(41-31)18-21-8-16-27(17-9-21)40-20-22-6-10-24(11-7-22)23-4-2-1-3-5-23/h6-18,23H,1-5,19-20H2,(H,34,36)(H,32,33,37). The van der Waals surface area contributed by atoms with Crippen LogP contribution in [-0.4, -0.2) is 31.9 Å². The van der Waals surface area contributed by atoms with Crippen molar-refractivity contribution in [1.29, 1.82) is 0 Å². The van der Waals surface area contributed by atoms with E-state index in [0.29, 0.717) is 34.0 Å². The first-order valence-electron chi connectivity index (χ1n) is 13.9. The molecule has 0 radical (unpaired) electrons. The molecule has 2 N–H and O–H groups in total. The van der Waals surface area contributed by atoms with Gasteiger partial charge in [0.2, 0.25) is 0 Å². The number of nitrogens with one attached hydrogen (secondary N) is 2. The summed E-state index contributed by atoms with van der Waals surface area (Å²) in [5, 5.41) is 3.49. The van der Waals surface area contributed by atoms with Crippen LogP contribution in [0.2, 0.25) is 0 Å². The number of rotatable bonds is 7. The Morgan fingerprint density at radius 1 is 0.952 bits per heavy atom. The van der Waals surface area contributed by atoms with Gasteiger partial charge in [0.1, 0.15) is 18.9 Å². The second-order valence-electron chi connectivity index (χ2n) is 10.5. The molecule has 3 aliphatic rings. The highest BCUT2D eigenvalue weighted by molar-refractivity contribution is 8.18. The largest absolute Gasteiger partial charge is 0.489 e. The number of amides is 2. The van der Waals surface area contributed by atoms with Gasteiger partial charge in [0.25, 0.3) is 11.8 Å². The van der Waals surface area contributed by atoms with Crippen molar-refractivity contribution in [3.63, 3.8) is 0 Å². The van der Waals surface area contributed by atoms with Crippen molar-refractivity contribution in [2.45, 2.75) is 44.6 Å². The first-order chi connectivity index (χ1) is 20.3. The molecule has 2 fully saturated rings. The fraction of sp³-hybridized carbons (Fsp3) is 0.258. The zero-order valence-electron chi connectivity index (χ0n) is 22.8. The monoisotopic (exact) mass is 602 g/mol. The average molecular weight is 603 g/mol. The van der Waals surface area contributed by atoms with Gasteiger partial charge in [-0.25, -0.2) is 9.03 Å². The predicted octanol–water partition coefficient (Wildman–Crippen LogP) is 5.58. The van der Waals surface area contributed by atoms with Crippen LogP contribution in [0.4, 0.5) is 11.4 Å². The van der Waals surface area contributed by atoms with Crippen LogP contribution < -0.4 is 19.1 Å². The van der Waals surface area contributed by atoms with Crippen LogP contribution in [0.25, 0.3) is 6.08 Å².